The molecule has 1 unspecified atom stereocenters. The quantitative estimate of drug-likeness (QED) is 0.0468. The van der Waals surface area contributed by atoms with Crippen LogP contribution in [-0.2, 0) is 57.1 Å². The number of carboxylic acids is 1. The highest BCUT2D eigenvalue weighted by Crippen LogP contribution is 2.43. The molecule has 83 heavy (non-hydrogen) atoms. The highest BCUT2D eigenvalue weighted by Gasteiger charge is 2.54. The molecule has 3 saturated heterocycles. The Hall–Kier alpha value is -4.08. The number of methoxy groups -OCH3 is 1. The zero-order valence-corrected chi connectivity index (χ0v) is 51.6. The van der Waals surface area contributed by atoms with E-state index in [4.69, 9.17) is 59.1 Å². The van der Waals surface area contributed by atoms with Gasteiger partial charge in [-0.2, -0.15) is 0 Å². The Morgan fingerprint density at radius 1 is 0.916 bits per heavy atom. The molecule has 2 aromatic rings. The maximum atomic E-state index is 14.6. The molecule has 18 atom stereocenters. The van der Waals surface area contributed by atoms with Crippen LogP contribution in [0.5, 0.6) is 0 Å². The first-order valence-electron chi connectivity index (χ1n) is 29.3. The number of nitrogens with zero attached hydrogens (tertiary/aromatic N) is 3. The number of aliphatic hydroxyl groups is 4. The average Bonchev–Trinajstić information content (AvgIpc) is 3.13. The molecule has 6 rings (SSSR count). The number of aromatic carboxylic acids is 1. The summed E-state index contributed by atoms with van der Waals surface area (Å²) in [5.74, 6) is -6.15. The van der Waals surface area contributed by atoms with Crippen molar-refractivity contribution in [3.05, 3.63) is 39.1 Å². The molecule has 4 heterocycles. The van der Waals surface area contributed by atoms with E-state index in [0.717, 1.165) is 12.8 Å². The summed E-state index contributed by atoms with van der Waals surface area (Å²) in [5.41, 5.74) is -4.49. The zero-order valence-electron chi connectivity index (χ0n) is 50.8. The summed E-state index contributed by atoms with van der Waals surface area (Å²) < 4.78 is 58.0. The number of likely N-dealkylation sites (N-methyl/N-ethyl adjacent to an activating group) is 1. The summed E-state index contributed by atoms with van der Waals surface area (Å²) in [4.78, 5) is 60.4. The van der Waals surface area contributed by atoms with Gasteiger partial charge in [-0.1, -0.05) is 44.5 Å². The molecule has 1 aliphatic carbocycles. The molecule has 1 aromatic carbocycles. The molecule has 1 aromatic heterocycles. The summed E-state index contributed by atoms with van der Waals surface area (Å²) in [5, 5.41) is 66.6. The molecule has 24 heteroatoms. The van der Waals surface area contributed by atoms with Gasteiger partial charge in [0.15, 0.2) is 18.7 Å². The van der Waals surface area contributed by atoms with Crippen molar-refractivity contribution in [2.24, 2.45) is 28.8 Å². The normalized spacial score (nSPS) is 36.4. The summed E-state index contributed by atoms with van der Waals surface area (Å²) in [6, 6.07) is 2.99. The lowest BCUT2D eigenvalue weighted by molar-refractivity contribution is -0.318. The van der Waals surface area contributed by atoms with Crippen molar-refractivity contribution in [2.45, 2.75) is 211 Å². The first kappa shape index (κ1) is 68.0. The predicted octanol–water partition coefficient (Wildman–Crippen LogP) is 5.70. The number of aromatic nitrogens is 1. The monoisotopic (exact) mass is 1200 g/mol. The molecule has 0 amide bonds. The van der Waals surface area contributed by atoms with Gasteiger partial charge in [-0.15, -0.1) is 0 Å². The number of carbonyl (C=O) groups excluding carboxylic acids is 2. The van der Waals surface area contributed by atoms with E-state index in [-0.39, 0.29) is 87.9 Å². The number of rotatable bonds is 22. The van der Waals surface area contributed by atoms with Crippen LogP contribution in [0.3, 0.4) is 0 Å². The Morgan fingerprint density at radius 2 is 1.59 bits per heavy atom. The SMILES string of the molecule is CCON=C1[C@H](C)C[C@@](C)(O)[C@H](O[C@@H]2O[C@H](C)C[C@H](N(C)C)[C@H]2O)[C@@H](C)[C@H](OC2C[C@@](C)(OC)[C@@H](OC(=O)CCOCCOCCNc3cc4c(=O)c(C(=O)O)cn(C5CC5)c4cc3Cl)[C@H](C)O2)[C@@H](C)C(=O)O[C@H](CC)[C@@](C)(O)[C@H](O)[C@H]1C. The molecule has 0 spiro atoms. The lowest BCUT2D eigenvalue weighted by atomic mass is 9.73. The first-order chi connectivity index (χ1) is 39.0. The fraction of sp³-hybridized carbons (Fsp3) is 0.780. The third kappa shape index (κ3) is 16.3. The van der Waals surface area contributed by atoms with Crippen LogP contribution in [0.4, 0.5) is 5.69 Å². The Morgan fingerprint density at radius 3 is 2.20 bits per heavy atom. The topological polar surface area (TPSA) is 294 Å². The molecule has 4 fully saturated rings. The number of oxime groups is 1. The number of benzene rings is 1. The number of nitrogens with one attached hydrogen (secondary N) is 1. The molecule has 0 radical (unpaired) electrons. The summed E-state index contributed by atoms with van der Waals surface area (Å²) in [6.07, 6.45) is -7.08. The van der Waals surface area contributed by atoms with Gasteiger partial charge in [0.05, 0.1) is 96.8 Å². The van der Waals surface area contributed by atoms with E-state index in [0.29, 0.717) is 34.9 Å². The highest BCUT2D eigenvalue weighted by molar-refractivity contribution is 6.34. The molecule has 23 nitrogen and oxygen atoms in total. The van der Waals surface area contributed by atoms with Crippen molar-refractivity contribution < 1.29 is 87.4 Å². The molecule has 0 bridgehead atoms. The number of carbonyl (C=O) groups is 3. The molecule has 6 N–H and O–H groups in total. The van der Waals surface area contributed by atoms with Gasteiger partial charge in [0.2, 0.25) is 5.43 Å². The third-order valence-electron chi connectivity index (χ3n) is 17.0. The Bertz CT molecular complexity index is 2600. The Labute approximate surface area is 492 Å². The van der Waals surface area contributed by atoms with E-state index in [1.807, 2.05) is 37.4 Å². The fourth-order valence-corrected chi connectivity index (χ4v) is 12.4. The third-order valence-corrected chi connectivity index (χ3v) is 17.4. The van der Waals surface area contributed by atoms with Crippen molar-refractivity contribution in [1.82, 2.24) is 9.47 Å². The van der Waals surface area contributed by atoms with Crippen LogP contribution in [-0.4, -0.2) is 204 Å². The fourth-order valence-electron chi connectivity index (χ4n) is 12.2. The number of fused-ring (bicyclic) bond motifs is 1. The van der Waals surface area contributed by atoms with Gasteiger partial charge < -0.3 is 87.8 Å². The van der Waals surface area contributed by atoms with Crippen LogP contribution in [0.1, 0.15) is 138 Å². The number of ether oxygens (including phenoxy) is 9. The number of cyclic esters (lactones) is 1. The largest absolute Gasteiger partial charge is 0.477 e. The number of hydrogen-bond acceptors (Lipinski definition) is 21. The van der Waals surface area contributed by atoms with E-state index >= 15 is 0 Å². The van der Waals surface area contributed by atoms with E-state index in [1.54, 1.807) is 67.5 Å². The number of esters is 2. The van der Waals surface area contributed by atoms with Crippen LogP contribution in [0.2, 0.25) is 5.02 Å². The molecular weight excluding hydrogens is 1100 g/mol. The van der Waals surface area contributed by atoms with E-state index < -0.39 is 119 Å². The van der Waals surface area contributed by atoms with Gasteiger partial charge in [0, 0.05) is 61.5 Å². The van der Waals surface area contributed by atoms with Gasteiger partial charge in [0.1, 0.15) is 35.6 Å². The highest BCUT2D eigenvalue weighted by atomic mass is 35.5. The molecular formula is C59H93ClN4O19. The Balaban J connectivity index is 1.12. The van der Waals surface area contributed by atoms with Gasteiger partial charge in [0.25, 0.3) is 0 Å². The van der Waals surface area contributed by atoms with Crippen molar-refractivity contribution in [2.75, 3.05) is 66.1 Å². The van der Waals surface area contributed by atoms with Crippen molar-refractivity contribution in [3.8, 4) is 0 Å². The van der Waals surface area contributed by atoms with E-state index in [2.05, 4.69) is 10.5 Å². The molecule has 4 aliphatic rings. The summed E-state index contributed by atoms with van der Waals surface area (Å²) >= 11 is 6.59. The second kappa shape index (κ2) is 29.1. The smallest absolute Gasteiger partial charge is 0.341 e. The second-order valence-electron chi connectivity index (χ2n) is 24.0. The zero-order chi connectivity index (χ0) is 61.5. The van der Waals surface area contributed by atoms with Crippen LogP contribution < -0.4 is 10.7 Å². The summed E-state index contributed by atoms with van der Waals surface area (Å²) in [6.45, 7) is 19.8. The summed E-state index contributed by atoms with van der Waals surface area (Å²) in [7, 11) is 5.18. The minimum absolute atomic E-state index is 0.00263. The van der Waals surface area contributed by atoms with Gasteiger partial charge in [-0.3, -0.25) is 14.4 Å². The minimum atomic E-state index is -1.99. The van der Waals surface area contributed by atoms with Gasteiger partial charge in [-0.05, 0) is 107 Å². The molecule has 1 saturated carbocycles. The number of pyridine rings is 1. The number of halogens is 1. The predicted molar refractivity (Wildman–Crippen MR) is 307 cm³/mol. The van der Waals surface area contributed by atoms with Crippen LogP contribution in [0, 0.1) is 23.7 Å². The minimum Gasteiger partial charge on any atom is -0.477 e. The lowest BCUT2D eigenvalue weighted by Gasteiger charge is -2.49. The Kier molecular flexibility index (Phi) is 23.8. The van der Waals surface area contributed by atoms with Crippen LogP contribution >= 0.6 is 11.6 Å². The first-order valence-corrected chi connectivity index (χ1v) is 29.6. The average molecular weight is 1200 g/mol. The standard InChI is InChI=1S/C59H93ClN4O19/c1-15-44-59(11,73)51(68)33(5)47(62-77-16-2)31(3)28-57(9,72)52(83-56-49(67)43(63(12)13)25-32(4)78-56)34(6)50(35(7)55(71)80-44)82-46-29-58(10,74-14)53(36(8)79-46)81-45(65)19-21-75-23-24-76-22-20-61-41-26-38-42(27-40(41)60)64(37-17-18-37)30-39(48(38)66)54(69)70/h26-27,30-37,43-44,46,49-53,56,61,67-68,72-73H,15-25,28-29H2,1-14H3,(H,69,70)/t31-,32-,33+,34+,35-,36+,43+,44-,46?,49-,50+,51-,52-,53+,56+,57-,58-,59-/m1/s1. The number of aliphatic hydroxyl groups excluding tert-OH is 2. The number of anilines is 1. The van der Waals surface area contributed by atoms with Crippen molar-refractivity contribution >= 4 is 51.8 Å². The van der Waals surface area contributed by atoms with Gasteiger partial charge in [-0.25, -0.2) is 4.79 Å². The number of hydrogen-bond donors (Lipinski definition) is 6. The van der Waals surface area contributed by atoms with Gasteiger partial charge >= 0.3 is 17.9 Å². The van der Waals surface area contributed by atoms with Crippen LogP contribution in [0.25, 0.3) is 10.9 Å². The lowest BCUT2D eigenvalue weighted by Crippen LogP contribution is -2.61. The molecule has 470 valence electrons. The van der Waals surface area contributed by atoms with Crippen molar-refractivity contribution in [3.63, 3.8) is 0 Å². The van der Waals surface area contributed by atoms with E-state index in [1.165, 1.54) is 20.2 Å². The van der Waals surface area contributed by atoms with E-state index in [9.17, 15) is 44.7 Å². The second-order valence-corrected chi connectivity index (χ2v) is 24.4. The van der Waals surface area contributed by atoms with Crippen molar-refractivity contribution in [1.29, 1.82) is 0 Å². The maximum Gasteiger partial charge on any atom is 0.341 e. The van der Waals surface area contributed by atoms with Crippen LogP contribution in [0.15, 0.2) is 28.3 Å². The molecule has 3 aliphatic heterocycles. The number of carboxylic acid groups (broad SMARTS) is 1. The maximum absolute atomic E-state index is 14.6.